The minimum absolute atomic E-state index is 0.0327. The monoisotopic (exact) mass is 338 g/mol. The van der Waals surface area contributed by atoms with Crippen LogP contribution in [-0.2, 0) is 16.4 Å². The summed E-state index contributed by atoms with van der Waals surface area (Å²) in [5.41, 5.74) is 6.57. The Morgan fingerprint density at radius 3 is 2.45 bits per heavy atom. The molecule has 2 rings (SSSR count). The summed E-state index contributed by atoms with van der Waals surface area (Å²) in [6.07, 6.45) is 1.24. The zero-order valence-corrected chi connectivity index (χ0v) is 14.5. The van der Waals surface area contributed by atoms with Crippen molar-refractivity contribution in [3.8, 4) is 0 Å². The molecule has 0 aliphatic carbocycles. The highest BCUT2D eigenvalue weighted by atomic mass is 32.2. The van der Waals surface area contributed by atoms with Gasteiger partial charge in [-0.25, -0.2) is 8.42 Å². The SMILES string of the molecule is CCC(N)(NS(=O)(=O)c1cccs1)C(C)Cc1ccccc1. The van der Waals surface area contributed by atoms with Gasteiger partial charge in [-0.15, -0.1) is 11.3 Å². The van der Waals surface area contributed by atoms with Gasteiger partial charge in [-0.1, -0.05) is 50.2 Å². The number of nitrogens with two attached hydrogens (primary N) is 1. The van der Waals surface area contributed by atoms with Crippen LogP contribution in [0.15, 0.2) is 52.1 Å². The Bertz CT molecular complexity index is 684. The Morgan fingerprint density at radius 1 is 1.23 bits per heavy atom. The lowest BCUT2D eigenvalue weighted by Gasteiger charge is -2.35. The molecule has 0 bridgehead atoms. The van der Waals surface area contributed by atoms with Crippen LogP contribution in [0.25, 0.3) is 0 Å². The van der Waals surface area contributed by atoms with E-state index in [1.165, 1.54) is 11.3 Å². The van der Waals surface area contributed by atoms with E-state index in [1.807, 2.05) is 44.2 Å². The summed E-state index contributed by atoms with van der Waals surface area (Å²) in [4.78, 5) is 0. The molecule has 1 heterocycles. The van der Waals surface area contributed by atoms with Crippen LogP contribution in [0.4, 0.5) is 0 Å². The number of thiophene rings is 1. The van der Waals surface area contributed by atoms with Crippen molar-refractivity contribution in [3.63, 3.8) is 0 Å². The highest BCUT2D eigenvalue weighted by Crippen LogP contribution is 2.24. The summed E-state index contributed by atoms with van der Waals surface area (Å²) in [7, 11) is -3.58. The van der Waals surface area contributed by atoms with Crippen molar-refractivity contribution in [1.29, 1.82) is 0 Å². The Labute approximate surface area is 136 Å². The summed E-state index contributed by atoms with van der Waals surface area (Å²) in [6, 6.07) is 13.3. The Hall–Kier alpha value is -1.21. The van der Waals surface area contributed by atoms with Gasteiger partial charge in [-0.3, -0.25) is 0 Å². The van der Waals surface area contributed by atoms with Crippen molar-refractivity contribution >= 4 is 21.4 Å². The minimum atomic E-state index is -3.58. The van der Waals surface area contributed by atoms with E-state index in [0.717, 1.165) is 12.0 Å². The summed E-state index contributed by atoms with van der Waals surface area (Å²) >= 11 is 1.19. The van der Waals surface area contributed by atoms with Crippen molar-refractivity contribution < 1.29 is 8.42 Å². The third-order valence-corrected chi connectivity index (χ3v) is 6.86. The van der Waals surface area contributed by atoms with Gasteiger partial charge in [-0.2, -0.15) is 4.72 Å². The molecular weight excluding hydrogens is 316 g/mol. The first-order valence-corrected chi connectivity index (χ1v) is 9.64. The van der Waals surface area contributed by atoms with Crippen molar-refractivity contribution in [1.82, 2.24) is 4.72 Å². The van der Waals surface area contributed by atoms with E-state index in [4.69, 9.17) is 5.73 Å². The van der Waals surface area contributed by atoms with Crippen LogP contribution in [0, 0.1) is 5.92 Å². The molecular formula is C16H22N2O2S2. The fourth-order valence-electron chi connectivity index (χ4n) is 2.39. The van der Waals surface area contributed by atoms with Crippen molar-refractivity contribution in [3.05, 3.63) is 53.4 Å². The Balaban J connectivity index is 2.17. The molecule has 0 aliphatic heterocycles. The first-order valence-electron chi connectivity index (χ1n) is 7.27. The quantitative estimate of drug-likeness (QED) is 0.762. The van der Waals surface area contributed by atoms with Gasteiger partial charge in [-0.05, 0) is 35.8 Å². The molecule has 0 saturated heterocycles. The molecule has 0 fully saturated rings. The van der Waals surface area contributed by atoms with E-state index in [1.54, 1.807) is 17.5 Å². The molecule has 6 heteroatoms. The van der Waals surface area contributed by atoms with Gasteiger partial charge in [0.15, 0.2) is 0 Å². The minimum Gasteiger partial charge on any atom is -0.312 e. The van der Waals surface area contributed by atoms with Crippen molar-refractivity contribution in [2.45, 2.75) is 36.6 Å². The lowest BCUT2D eigenvalue weighted by Crippen LogP contribution is -2.60. The maximum absolute atomic E-state index is 12.4. The van der Waals surface area contributed by atoms with Crippen LogP contribution in [0.2, 0.25) is 0 Å². The highest BCUT2D eigenvalue weighted by molar-refractivity contribution is 7.91. The van der Waals surface area contributed by atoms with E-state index in [9.17, 15) is 8.42 Å². The molecule has 0 aliphatic rings. The third-order valence-electron chi connectivity index (χ3n) is 3.93. The Morgan fingerprint density at radius 2 is 1.91 bits per heavy atom. The first kappa shape index (κ1) is 17.1. The predicted molar refractivity (Wildman–Crippen MR) is 91.2 cm³/mol. The van der Waals surface area contributed by atoms with E-state index >= 15 is 0 Å². The molecule has 2 unspecified atom stereocenters. The summed E-state index contributed by atoms with van der Waals surface area (Å²) < 4.78 is 27.9. The van der Waals surface area contributed by atoms with Crippen LogP contribution in [0.3, 0.4) is 0 Å². The fourth-order valence-corrected chi connectivity index (χ4v) is 4.84. The van der Waals surface area contributed by atoms with Crippen LogP contribution in [-0.4, -0.2) is 14.1 Å². The molecule has 22 heavy (non-hydrogen) atoms. The normalized spacial score (nSPS) is 16.1. The number of rotatable bonds is 7. The summed E-state index contributed by atoms with van der Waals surface area (Å²) in [5.74, 6) is -0.0327. The largest absolute Gasteiger partial charge is 0.312 e. The Kier molecular flexibility index (Phi) is 5.39. The maximum Gasteiger partial charge on any atom is 0.251 e. The zero-order chi connectivity index (χ0) is 16.2. The lowest BCUT2D eigenvalue weighted by atomic mass is 9.88. The standard InChI is InChI=1S/C16H22N2O2S2/c1-3-16(17,13(2)12-14-8-5-4-6-9-14)18-22(19,20)15-10-7-11-21-15/h4-11,13,18H,3,12,17H2,1-2H3. The second-order valence-corrected chi connectivity index (χ2v) is 8.38. The number of sulfonamides is 1. The van der Waals surface area contributed by atoms with E-state index in [0.29, 0.717) is 10.6 Å². The number of benzene rings is 1. The number of hydrogen-bond acceptors (Lipinski definition) is 4. The van der Waals surface area contributed by atoms with Gasteiger partial charge in [0, 0.05) is 0 Å². The van der Waals surface area contributed by atoms with Gasteiger partial charge < -0.3 is 5.73 Å². The van der Waals surface area contributed by atoms with Gasteiger partial charge >= 0.3 is 0 Å². The van der Waals surface area contributed by atoms with Crippen LogP contribution in [0.5, 0.6) is 0 Å². The number of nitrogens with one attached hydrogen (secondary N) is 1. The second kappa shape index (κ2) is 6.91. The molecule has 0 radical (unpaired) electrons. The second-order valence-electron chi connectivity index (χ2n) is 5.52. The molecule has 120 valence electrons. The molecule has 3 N–H and O–H groups in total. The molecule has 0 saturated carbocycles. The van der Waals surface area contributed by atoms with E-state index in [2.05, 4.69) is 4.72 Å². The van der Waals surface area contributed by atoms with E-state index in [-0.39, 0.29) is 5.92 Å². The van der Waals surface area contributed by atoms with Crippen LogP contribution >= 0.6 is 11.3 Å². The van der Waals surface area contributed by atoms with Gasteiger partial charge in [0.1, 0.15) is 4.21 Å². The van der Waals surface area contributed by atoms with Crippen molar-refractivity contribution in [2.75, 3.05) is 0 Å². The molecule has 2 aromatic rings. The lowest BCUT2D eigenvalue weighted by molar-refractivity contribution is 0.258. The van der Waals surface area contributed by atoms with Gasteiger partial charge in [0.25, 0.3) is 10.0 Å². The topological polar surface area (TPSA) is 72.2 Å². The smallest absolute Gasteiger partial charge is 0.251 e. The average molecular weight is 338 g/mol. The highest BCUT2D eigenvalue weighted by Gasteiger charge is 2.35. The maximum atomic E-state index is 12.4. The molecule has 2 atom stereocenters. The molecule has 0 amide bonds. The average Bonchev–Trinajstić information content (AvgIpc) is 3.03. The molecule has 0 spiro atoms. The molecule has 1 aromatic carbocycles. The van der Waals surface area contributed by atoms with Crippen molar-refractivity contribution in [2.24, 2.45) is 11.7 Å². The van der Waals surface area contributed by atoms with E-state index < -0.39 is 15.7 Å². The molecule has 1 aromatic heterocycles. The predicted octanol–water partition coefficient (Wildman–Crippen LogP) is 2.97. The first-order chi connectivity index (χ1) is 10.4. The van der Waals surface area contributed by atoms with Gasteiger partial charge in [0.05, 0.1) is 5.66 Å². The summed E-state index contributed by atoms with van der Waals surface area (Å²) in [5, 5.41) is 1.74. The number of hydrogen-bond donors (Lipinski definition) is 2. The van der Waals surface area contributed by atoms with Crippen LogP contribution < -0.4 is 10.5 Å². The summed E-state index contributed by atoms with van der Waals surface area (Å²) in [6.45, 7) is 3.88. The molecule has 4 nitrogen and oxygen atoms in total. The van der Waals surface area contributed by atoms with Crippen LogP contribution in [0.1, 0.15) is 25.8 Å². The fraction of sp³-hybridized carbons (Fsp3) is 0.375. The third kappa shape index (κ3) is 3.95. The zero-order valence-electron chi connectivity index (χ0n) is 12.8. The van der Waals surface area contributed by atoms with Gasteiger partial charge in [0.2, 0.25) is 0 Å².